The van der Waals surface area contributed by atoms with Crippen LogP contribution in [0.4, 0.5) is 13.2 Å². The molecule has 0 fully saturated rings. The zero-order valence-corrected chi connectivity index (χ0v) is 7.90. The lowest BCUT2D eigenvalue weighted by molar-refractivity contribution is -0.217. The molecule has 0 spiro atoms. The van der Waals surface area contributed by atoms with E-state index in [9.17, 15) is 13.2 Å². The van der Waals surface area contributed by atoms with Gasteiger partial charge >= 0.3 is 6.18 Å². The Labute approximate surface area is 76.2 Å². The van der Waals surface area contributed by atoms with Crippen LogP contribution in [0.15, 0.2) is 0 Å². The van der Waals surface area contributed by atoms with E-state index in [1.165, 1.54) is 0 Å². The Morgan fingerprint density at radius 1 is 1.31 bits per heavy atom. The number of ether oxygens (including phenoxy) is 1. The molecule has 0 aliphatic heterocycles. The fraction of sp³-hybridized carbons (Fsp3) is 1.00. The van der Waals surface area contributed by atoms with E-state index in [0.717, 1.165) is 0 Å². The third-order valence-corrected chi connectivity index (χ3v) is 1.59. The molecule has 0 heterocycles. The third-order valence-electron chi connectivity index (χ3n) is 1.59. The molecular formula is C8H16F3NO. The van der Waals surface area contributed by atoms with Crippen molar-refractivity contribution in [2.24, 2.45) is 11.7 Å². The van der Waals surface area contributed by atoms with Crippen molar-refractivity contribution in [2.45, 2.75) is 32.5 Å². The Hall–Kier alpha value is -0.290. The zero-order valence-electron chi connectivity index (χ0n) is 7.90. The van der Waals surface area contributed by atoms with Crippen molar-refractivity contribution in [1.29, 1.82) is 0 Å². The van der Waals surface area contributed by atoms with Crippen LogP contribution in [0.3, 0.4) is 0 Å². The Morgan fingerprint density at radius 2 is 1.85 bits per heavy atom. The molecule has 13 heavy (non-hydrogen) atoms. The lowest BCUT2D eigenvalue weighted by Crippen LogP contribution is -2.38. The Morgan fingerprint density at radius 3 is 2.15 bits per heavy atom. The second-order valence-electron chi connectivity index (χ2n) is 3.32. The molecule has 2 nitrogen and oxygen atoms in total. The first-order valence-electron chi connectivity index (χ1n) is 4.26. The molecule has 0 amide bonds. The van der Waals surface area contributed by atoms with Crippen LogP contribution in [-0.2, 0) is 4.74 Å². The highest BCUT2D eigenvalue weighted by atomic mass is 19.4. The van der Waals surface area contributed by atoms with Gasteiger partial charge in [0.25, 0.3) is 0 Å². The summed E-state index contributed by atoms with van der Waals surface area (Å²) in [5.74, 6) is 0.339. The van der Waals surface area contributed by atoms with Gasteiger partial charge in [-0.25, -0.2) is 0 Å². The van der Waals surface area contributed by atoms with E-state index in [0.29, 0.717) is 12.3 Å². The largest absolute Gasteiger partial charge is 0.415 e. The summed E-state index contributed by atoms with van der Waals surface area (Å²) in [6.07, 6.45) is -5.54. The summed E-state index contributed by atoms with van der Waals surface area (Å²) in [7, 11) is 0. The quantitative estimate of drug-likeness (QED) is 0.734. The van der Waals surface area contributed by atoms with E-state index in [-0.39, 0.29) is 6.61 Å². The number of hydrogen-bond donors (Lipinski definition) is 1. The first-order chi connectivity index (χ1) is 5.88. The molecule has 2 N–H and O–H groups in total. The third kappa shape index (κ3) is 5.87. The molecule has 0 aromatic heterocycles. The lowest BCUT2D eigenvalue weighted by Gasteiger charge is -2.19. The van der Waals surface area contributed by atoms with Gasteiger partial charge in [0.15, 0.2) is 6.10 Å². The van der Waals surface area contributed by atoms with Gasteiger partial charge in [-0.15, -0.1) is 0 Å². The average molecular weight is 199 g/mol. The van der Waals surface area contributed by atoms with E-state index in [1.807, 2.05) is 13.8 Å². The van der Waals surface area contributed by atoms with Gasteiger partial charge in [-0.05, 0) is 12.3 Å². The molecular weight excluding hydrogens is 183 g/mol. The van der Waals surface area contributed by atoms with Gasteiger partial charge < -0.3 is 10.5 Å². The smallest absolute Gasteiger partial charge is 0.367 e. The predicted molar refractivity (Wildman–Crippen MR) is 44.3 cm³/mol. The molecule has 1 atom stereocenters. The normalized spacial score (nSPS) is 15.0. The monoisotopic (exact) mass is 199 g/mol. The second-order valence-corrected chi connectivity index (χ2v) is 3.32. The molecule has 0 aromatic carbocycles. The van der Waals surface area contributed by atoms with Crippen molar-refractivity contribution < 1.29 is 17.9 Å². The molecule has 0 aliphatic rings. The lowest BCUT2D eigenvalue weighted by atomic mass is 10.1. The molecule has 0 radical (unpaired) electrons. The number of alkyl halides is 3. The maximum Gasteiger partial charge on any atom is 0.415 e. The predicted octanol–water partition coefficient (Wildman–Crippen LogP) is 1.94. The van der Waals surface area contributed by atoms with E-state index in [4.69, 9.17) is 5.73 Å². The number of nitrogens with two attached hydrogens (primary N) is 1. The zero-order chi connectivity index (χ0) is 10.5. The highest BCUT2D eigenvalue weighted by Crippen LogP contribution is 2.22. The second kappa shape index (κ2) is 5.44. The highest BCUT2D eigenvalue weighted by molar-refractivity contribution is 4.68. The molecule has 0 saturated carbocycles. The molecule has 1 unspecified atom stereocenters. The van der Waals surface area contributed by atoms with Crippen molar-refractivity contribution in [3.05, 3.63) is 0 Å². The number of hydrogen-bond acceptors (Lipinski definition) is 2. The first kappa shape index (κ1) is 12.7. The van der Waals surface area contributed by atoms with E-state index < -0.39 is 18.8 Å². The van der Waals surface area contributed by atoms with Crippen molar-refractivity contribution in [3.8, 4) is 0 Å². The van der Waals surface area contributed by atoms with E-state index >= 15 is 0 Å². The van der Waals surface area contributed by atoms with Crippen LogP contribution in [0.1, 0.15) is 20.3 Å². The summed E-state index contributed by atoms with van der Waals surface area (Å²) >= 11 is 0. The van der Waals surface area contributed by atoms with Crippen LogP contribution in [0, 0.1) is 5.92 Å². The van der Waals surface area contributed by atoms with E-state index in [1.54, 1.807) is 0 Å². The van der Waals surface area contributed by atoms with Gasteiger partial charge in [-0.3, -0.25) is 0 Å². The van der Waals surface area contributed by atoms with Gasteiger partial charge in [0.2, 0.25) is 0 Å². The summed E-state index contributed by atoms with van der Waals surface area (Å²) in [5.41, 5.74) is 4.93. The molecule has 0 aliphatic carbocycles. The number of rotatable bonds is 5. The van der Waals surface area contributed by atoms with Gasteiger partial charge in [-0.1, -0.05) is 13.8 Å². The fourth-order valence-electron chi connectivity index (χ4n) is 0.742. The molecule has 5 heteroatoms. The van der Waals surface area contributed by atoms with Crippen LogP contribution in [0.2, 0.25) is 0 Å². The van der Waals surface area contributed by atoms with Crippen molar-refractivity contribution in [2.75, 3.05) is 13.2 Å². The molecule has 0 saturated heterocycles. The fourth-order valence-corrected chi connectivity index (χ4v) is 0.742. The average Bonchev–Trinajstić information content (AvgIpc) is 1.95. The van der Waals surface area contributed by atoms with Gasteiger partial charge in [0.1, 0.15) is 0 Å². The Kier molecular flexibility index (Phi) is 5.32. The van der Waals surface area contributed by atoms with Crippen LogP contribution in [0.5, 0.6) is 0 Å². The van der Waals surface area contributed by atoms with E-state index in [2.05, 4.69) is 4.74 Å². The minimum atomic E-state index is -4.34. The van der Waals surface area contributed by atoms with Gasteiger partial charge in [-0.2, -0.15) is 13.2 Å². The summed E-state index contributed by atoms with van der Waals surface area (Å²) in [6, 6.07) is 0. The SMILES string of the molecule is CC(C)CCOC(CN)C(F)(F)F. The first-order valence-corrected chi connectivity index (χ1v) is 4.26. The molecule has 0 aromatic rings. The summed E-state index contributed by atoms with van der Waals surface area (Å²) in [6.45, 7) is 3.45. The minimum Gasteiger partial charge on any atom is -0.367 e. The van der Waals surface area contributed by atoms with Crippen LogP contribution < -0.4 is 5.73 Å². The minimum absolute atomic E-state index is 0.110. The van der Waals surface area contributed by atoms with Crippen molar-refractivity contribution in [3.63, 3.8) is 0 Å². The maximum absolute atomic E-state index is 12.0. The topological polar surface area (TPSA) is 35.2 Å². The summed E-state index contributed by atoms with van der Waals surface area (Å²) < 4.78 is 40.7. The summed E-state index contributed by atoms with van der Waals surface area (Å²) in [5, 5.41) is 0. The van der Waals surface area contributed by atoms with Crippen LogP contribution in [-0.4, -0.2) is 25.4 Å². The van der Waals surface area contributed by atoms with Crippen molar-refractivity contribution >= 4 is 0 Å². The standard InChI is InChI=1S/C8H16F3NO/c1-6(2)3-4-13-7(5-12)8(9,10)11/h6-7H,3-5,12H2,1-2H3. The van der Waals surface area contributed by atoms with Crippen LogP contribution >= 0.6 is 0 Å². The number of halogens is 3. The Bertz CT molecular complexity index is 136. The highest BCUT2D eigenvalue weighted by Gasteiger charge is 2.39. The molecule has 0 rings (SSSR count). The van der Waals surface area contributed by atoms with Crippen molar-refractivity contribution in [1.82, 2.24) is 0 Å². The maximum atomic E-state index is 12.0. The van der Waals surface area contributed by atoms with Gasteiger partial charge in [0.05, 0.1) is 0 Å². The Balaban J connectivity index is 3.73. The molecule has 80 valence electrons. The molecule has 0 bridgehead atoms. The van der Waals surface area contributed by atoms with Crippen LogP contribution in [0.25, 0.3) is 0 Å². The summed E-state index contributed by atoms with van der Waals surface area (Å²) in [4.78, 5) is 0. The van der Waals surface area contributed by atoms with Gasteiger partial charge in [0, 0.05) is 13.2 Å².